The highest BCUT2D eigenvalue weighted by atomic mass is 32.2. The number of hydrogen-bond donors (Lipinski definition) is 2. The second-order valence-corrected chi connectivity index (χ2v) is 6.64. The van der Waals surface area contributed by atoms with Crippen LogP contribution in [0.5, 0.6) is 5.75 Å². The van der Waals surface area contributed by atoms with Crippen molar-refractivity contribution in [2.75, 3.05) is 13.2 Å². The van der Waals surface area contributed by atoms with Gasteiger partial charge in [0, 0.05) is 12.6 Å². The first-order valence-electron chi connectivity index (χ1n) is 6.68. The molecule has 2 atom stereocenters. The van der Waals surface area contributed by atoms with Crippen molar-refractivity contribution in [2.24, 2.45) is 5.92 Å². The first kappa shape index (κ1) is 16.9. The lowest BCUT2D eigenvalue weighted by Crippen LogP contribution is -2.38. The number of rotatable bonds is 7. The molecule has 0 spiro atoms. The number of aryl methyl sites for hydroxylation is 1. The quantitative estimate of drug-likeness (QED) is 0.803. The van der Waals surface area contributed by atoms with E-state index in [1.807, 2.05) is 13.8 Å². The molecule has 0 aliphatic rings. The summed E-state index contributed by atoms with van der Waals surface area (Å²) in [6, 6.07) is 4.44. The topological polar surface area (TPSA) is 75.6 Å². The van der Waals surface area contributed by atoms with E-state index in [0.717, 1.165) is 5.56 Å². The van der Waals surface area contributed by atoms with Gasteiger partial charge in [0.2, 0.25) is 10.0 Å². The van der Waals surface area contributed by atoms with E-state index < -0.39 is 10.0 Å². The predicted octanol–water partition coefficient (Wildman–Crippen LogP) is 1.69. The van der Waals surface area contributed by atoms with Crippen molar-refractivity contribution in [3.63, 3.8) is 0 Å². The number of benzene rings is 1. The highest BCUT2D eigenvalue weighted by Crippen LogP contribution is 2.22. The van der Waals surface area contributed by atoms with Gasteiger partial charge in [0.1, 0.15) is 5.75 Å². The fraction of sp³-hybridized carbons (Fsp3) is 0.571. The summed E-state index contributed by atoms with van der Waals surface area (Å²) in [5.41, 5.74) is 0.776. The number of ether oxygens (including phenoxy) is 1. The van der Waals surface area contributed by atoms with Gasteiger partial charge in [-0.1, -0.05) is 6.92 Å². The molecule has 0 aliphatic carbocycles. The van der Waals surface area contributed by atoms with Crippen LogP contribution in [0.25, 0.3) is 0 Å². The molecule has 5 nitrogen and oxygen atoms in total. The van der Waals surface area contributed by atoms with E-state index >= 15 is 0 Å². The lowest BCUT2D eigenvalue weighted by Gasteiger charge is -2.19. The highest BCUT2D eigenvalue weighted by Gasteiger charge is 2.21. The third kappa shape index (κ3) is 4.19. The second-order valence-electron chi connectivity index (χ2n) is 4.93. The molecule has 0 saturated heterocycles. The maximum absolute atomic E-state index is 12.3. The van der Waals surface area contributed by atoms with Crippen molar-refractivity contribution in [1.29, 1.82) is 0 Å². The van der Waals surface area contributed by atoms with E-state index in [1.54, 1.807) is 26.0 Å². The van der Waals surface area contributed by atoms with Crippen LogP contribution in [0.15, 0.2) is 23.1 Å². The lowest BCUT2D eigenvalue weighted by molar-refractivity contribution is 0.216. The molecule has 114 valence electrons. The van der Waals surface area contributed by atoms with E-state index in [0.29, 0.717) is 12.4 Å². The average molecular weight is 301 g/mol. The summed E-state index contributed by atoms with van der Waals surface area (Å²) in [6.45, 7) is 7.69. The van der Waals surface area contributed by atoms with Crippen molar-refractivity contribution >= 4 is 10.0 Å². The van der Waals surface area contributed by atoms with Gasteiger partial charge in [0.05, 0.1) is 11.5 Å². The van der Waals surface area contributed by atoms with Gasteiger partial charge in [-0.3, -0.25) is 0 Å². The Labute approximate surface area is 121 Å². The Hall–Kier alpha value is -1.11. The number of aliphatic hydroxyl groups excluding tert-OH is 1. The fourth-order valence-electron chi connectivity index (χ4n) is 1.69. The zero-order valence-electron chi connectivity index (χ0n) is 12.4. The molecular weight excluding hydrogens is 278 g/mol. The third-order valence-corrected chi connectivity index (χ3v) is 4.80. The summed E-state index contributed by atoms with van der Waals surface area (Å²) in [6.07, 6.45) is 0. The zero-order chi connectivity index (χ0) is 15.3. The van der Waals surface area contributed by atoms with E-state index in [1.165, 1.54) is 6.07 Å². The normalized spacial score (nSPS) is 14.8. The summed E-state index contributed by atoms with van der Waals surface area (Å²) in [5, 5.41) is 9.06. The van der Waals surface area contributed by atoms with Crippen molar-refractivity contribution in [3.05, 3.63) is 23.8 Å². The minimum Gasteiger partial charge on any atom is -0.494 e. The molecule has 1 rings (SSSR count). The van der Waals surface area contributed by atoms with Crippen LogP contribution in [0, 0.1) is 12.8 Å². The van der Waals surface area contributed by atoms with Crippen LogP contribution < -0.4 is 9.46 Å². The van der Waals surface area contributed by atoms with Gasteiger partial charge in [-0.2, -0.15) is 0 Å². The van der Waals surface area contributed by atoms with E-state index in [2.05, 4.69) is 4.72 Å². The largest absolute Gasteiger partial charge is 0.494 e. The Morgan fingerprint density at radius 1 is 1.35 bits per heavy atom. The van der Waals surface area contributed by atoms with Crippen molar-refractivity contribution in [1.82, 2.24) is 4.72 Å². The van der Waals surface area contributed by atoms with Gasteiger partial charge in [-0.25, -0.2) is 13.1 Å². The molecule has 20 heavy (non-hydrogen) atoms. The molecule has 0 amide bonds. The van der Waals surface area contributed by atoms with Crippen LogP contribution in [0.4, 0.5) is 0 Å². The van der Waals surface area contributed by atoms with Crippen molar-refractivity contribution in [3.8, 4) is 5.75 Å². The summed E-state index contributed by atoms with van der Waals surface area (Å²) in [7, 11) is -3.59. The monoisotopic (exact) mass is 301 g/mol. The highest BCUT2D eigenvalue weighted by molar-refractivity contribution is 7.89. The molecule has 0 radical (unpaired) electrons. The Morgan fingerprint density at radius 2 is 2.00 bits per heavy atom. The van der Waals surface area contributed by atoms with Gasteiger partial charge < -0.3 is 9.84 Å². The molecule has 6 heteroatoms. The molecule has 1 aromatic carbocycles. The number of aliphatic hydroxyl groups is 1. The molecule has 2 unspecified atom stereocenters. The van der Waals surface area contributed by atoms with Crippen LogP contribution in [0.2, 0.25) is 0 Å². The summed E-state index contributed by atoms with van der Waals surface area (Å²) < 4.78 is 32.5. The third-order valence-electron chi connectivity index (χ3n) is 3.24. The van der Waals surface area contributed by atoms with Crippen LogP contribution in [0.3, 0.4) is 0 Å². The molecule has 0 heterocycles. The molecule has 0 aliphatic heterocycles. The Balaban J connectivity index is 2.96. The van der Waals surface area contributed by atoms with Crippen LogP contribution in [0.1, 0.15) is 26.3 Å². The van der Waals surface area contributed by atoms with Crippen molar-refractivity contribution < 1.29 is 18.3 Å². The summed E-state index contributed by atoms with van der Waals surface area (Å²) in [4.78, 5) is 0.204. The van der Waals surface area contributed by atoms with Crippen LogP contribution >= 0.6 is 0 Å². The Kier molecular flexibility index (Phi) is 5.98. The lowest BCUT2D eigenvalue weighted by atomic mass is 10.1. The van der Waals surface area contributed by atoms with Gasteiger partial charge in [0.25, 0.3) is 0 Å². The maximum Gasteiger partial charge on any atom is 0.240 e. The Bertz CT molecular complexity index is 542. The Morgan fingerprint density at radius 3 is 2.50 bits per heavy atom. The van der Waals surface area contributed by atoms with E-state index in [-0.39, 0.29) is 23.5 Å². The molecule has 0 saturated carbocycles. The van der Waals surface area contributed by atoms with Gasteiger partial charge in [-0.15, -0.1) is 0 Å². The molecular formula is C14H23NO4S. The first-order chi connectivity index (χ1) is 9.31. The number of nitrogens with one attached hydrogen (secondary N) is 1. The summed E-state index contributed by atoms with van der Waals surface area (Å²) >= 11 is 0. The second kappa shape index (κ2) is 7.06. The average Bonchev–Trinajstić information content (AvgIpc) is 2.39. The van der Waals surface area contributed by atoms with E-state index in [4.69, 9.17) is 9.84 Å². The zero-order valence-corrected chi connectivity index (χ0v) is 13.2. The minimum atomic E-state index is -3.59. The fourth-order valence-corrected chi connectivity index (χ4v) is 3.13. The number of hydrogen-bond acceptors (Lipinski definition) is 4. The van der Waals surface area contributed by atoms with Crippen LogP contribution in [-0.4, -0.2) is 32.8 Å². The van der Waals surface area contributed by atoms with Gasteiger partial charge >= 0.3 is 0 Å². The number of sulfonamides is 1. The molecule has 1 aromatic rings. The minimum absolute atomic E-state index is 0.0635. The summed E-state index contributed by atoms with van der Waals surface area (Å²) in [5.74, 6) is 0.539. The molecule has 0 bridgehead atoms. The van der Waals surface area contributed by atoms with Crippen LogP contribution in [-0.2, 0) is 10.0 Å². The maximum atomic E-state index is 12.3. The van der Waals surface area contributed by atoms with E-state index in [9.17, 15) is 8.42 Å². The van der Waals surface area contributed by atoms with Gasteiger partial charge in [-0.05, 0) is 50.5 Å². The molecule has 2 N–H and O–H groups in total. The first-order valence-corrected chi connectivity index (χ1v) is 8.16. The molecule has 0 aromatic heterocycles. The van der Waals surface area contributed by atoms with Crippen molar-refractivity contribution in [2.45, 2.75) is 38.6 Å². The SMILES string of the molecule is CCOc1ccc(S(=O)(=O)NC(C)C(C)CO)cc1C. The molecule has 0 fully saturated rings. The smallest absolute Gasteiger partial charge is 0.240 e. The predicted molar refractivity (Wildman–Crippen MR) is 78.4 cm³/mol. The standard InChI is InChI=1S/C14H23NO4S/c1-5-19-14-7-6-13(8-10(14)2)20(17,18)15-12(4)11(3)9-16/h6-8,11-12,15-16H,5,9H2,1-4H3. The van der Waals surface area contributed by atoms with Gasteiger partial charge in [0.15, 0.2) is 0 Å².